The molecule has 1 N–H and O–H groups in total. The number of piperidine rings is 1. The van der Waals surface area contributed by atoms with E-state index in [9.17, 15) is 9.90 Å². The van der Waals surface area contributed by atoms with Crippen LogP contribution in [0.5, 0.6) is 0 Å². The van der Waals surface area contributed by atoms with Gasteiger partial charge in [0.25, 0.3) is 0 Å². The fraction of sp³-hybridized carbons (Fsp3) is 0.750. The highest BCUT2D eigenvalue weighted by Gasteiger charge is 2.35. The molecule has 0 spiro atoms. The van der Waals surface area contributed by atoms with Crippen molar-refractivity contribution in [1.82, 2.24) is 4.98 Å². The fourth-order valence-electron chi connectivity index (χ4n) is 4.02. The zero-order chi connectivity index (χ0) is 14.4. The van der Waals surface area contributed by atoms with Crippen molar-refractivity contribution in [3.05, 3.63) is 10.6 Å². The highest BCUT2D eigenvalue weighted by Crippen LogP contribution is 2.45. The van der Waals surface area contributed by atoms with Gasteiger partial charge in [-0.05, 0) is 37.5 Å². The number of hydrogen-bond donors (Lipinski definition) is 1. The largest absolute Gasteiger partial charge is 0.477 e. The Hall–Kier alpha value is -1.10. The monoisotopic (exact) mass is 306 g/mol. The molecule has 2 unspecified atom stereocenters. The summed E-state index contributed by atoms with van der Waals surface area (Å²) >= 11 is 1.40. The summed E-state index contributed by atoms with van der Waals surface area (Å²) in [6.07, 6.45) is 8.96. The summed E-state index contributed by atoms with van der Waals surface area (Å²) in [6, 6.07) is 0. The lowest BCUT2D eigenvalue weighted by atomic mass is 9.75. The number of rotatable bonds is 3. The first-order valence-electron chi connectivity index (χ1n) is 8.21. The van der Waals surface area contributed by atoms with Gasteiger partial charge in [-0.1, -0.05) is 30.6 Å². The van der Waals surface area contributed by atoms with Gasteiger partial charge >= 0.3 is 5.97 Å². The molecule has 2 heterocycles. The van der Waals surface area contributed by atoms with E-state index < -0.39 is 5.97 Å². The Kier molecular flexibility index (Phi) is 3.40. The molecule has 0 bridgehead atoms. The Morgan fingerprint density at radius 2 is 1.90 bits per heavy atom. The van der Waals surface area contributed by atoms with Crippen LogP contribution in [-0.4, -0.2) is 29.1 Å². The van der Waals surface area contributed by atoms with Crippen LogP contribution in [0.1, 0.15) is 66.2 Å². The Balaban J connectivity index is 1.56. The molecule has 4 nitrogen and oxygen atoms in total. The summed E-state index contributed by atoms with van der Waals surface area (Å²) < 4.78 is 0. The van der Waals surface area contributed by atoms with Gasteiger partial charge in [0, 0.05) is 19.0 Å². The standard InChI is InChI=1S/C16H22N2O2S/c19-15(20)14-13(11-5-6-11)17-16(21-14)18-8-7-10-3-1-2-4-12(10)9-18/h10-12H,1-9H2,(H,19,20). The second-order valence-corrected chi connectivity index (χ2v) is 7.81. The number of anilines is 1. The zero-order valence-electron chi connectivity index (χ0n) is 12.3. The summed E-state index contributed by atoms with van der Waals surface area (Å²) in [6.45, 7) is 2.14. The van der Waals surface area contributed by atoms with Crippen LogP contribution in [0.2, 0.25) is 0 Å². The molecule has 2 aliphatic carbocycles. The molecular formula is C16H22N2O2S. The molecule has 2 saturated carbocycles. The minimum atomic E-state index is -0.798. The number of fused-ring (bicyclic) bond motifs is 1. The zero-order valence-corrected chi connectivity index (χ0v) is 13.1. The maximum atomic E-state index is 11.4. The molecule has 4 rings (SSSR count). The number of aromatic carboxylic acids is 1. The lowest BCUT2D eigenvalue weighted by Crippen LogP contribution is -2.41. The number of hydrogen-bond acceptors (Lipinski definition) is 4. The Bertz CT molecular complexity index is 552. The Morgan fingerprint density at radius 3 is 2.62 bits per heavy atom. The summed E-state index contributed by atoms with van der Waals surface area (Å²) in [5, 5.41) is 10.4. The molecule has 3 fully saturated rings. The van der Waals surface area contributed by atoms with Crippen molar-refractivity contribution in [3.8, 4) is 0 Å². The van der Waals surface area contributed by atoms with E-state index in [1.54, 1.807) is 0 Å². The van der Waals surface area contributed by atoms with Gasteiger partial charge < -0.3 is 10.0 Å². The molecule has 0 radical (unpaired) electrons. The maximum Gasteiger partial charge on any atom is 0.347 e. The van der Waals surface area contributed by atoms with Crippen LogP contribution in [-0.2, 0) is 0 Å². The first kappa shape index (κ1) is 13.6. The van der Waals surface area contributed by atoms with Crippen molar-refractivity contribution in [2.24, 2.45) is 11.8 Å². The molecule has 0 amide bonds. The van der Waals surface area contributed by atoms with Gasteiger partial charge in [-0.25, -0.2) is 9.78 Å². The number of carbonyl (C=O) groups is 1. The van der Waals surface area contributed by atoms with Crippen molar-refractivity contribution in [1.29, 1.82) is 0 Å². The second kappa shape index (κ2) is 5.27. The van der Waals surface area contributed by atoms with Crippen LogP contribution in [0.25, 0.3) is 0 Å². The van der Waals surface area contributed by atoms with E-state index in [0.717, 1.165) is 48.6 Å². The smallest absolute Gasteiger partial charge is 0.347 e. The number of aromatic nitrogens is 1. The quantitative estimate of drug-likeness (QED) is 0.924. The predicted octanol–water partition coefficient (Wildman–Crippen LogP) is 3.74. The van der Waals surface area contributed by atoms with E-state index in [-0.39, 0.29) is 0 Å². The van der Waals surface area contributed by atoms with Gasteiger partial charge in [-0.3, -0.25) is 0 Å². The molecule has 114 valence electrons. The number of carboxylic acid groups (broad SMARTS) is 1. The summed E-state index contributed by atoms with van der Waals surface area (Å²) in [5.41, 5.74) is 0.855. The highest BCUT2D eigenvalue weighted by atomic mass is 32.1. The lowest BCUT2D eigenvalue weighted by Gasteiger charge is -2.41. The van der Waals surface area contributed by atoms with Crippen molar-refractivity contribution in [3.63, 3.8) is 0 Å². The van der Waals surface area contributed by atoms with Crippen molar-refractivity contribution >= 4 is 22.4 Å². The maximum absolute atomic E-state index is 11.4. The number of carboxylic acids is 1. The molecule has 1 aliphatic heterocycles. The minimum absolute atomic E-state index is 0.410. The normalized spacial score (nSPS) is 29.2. The van der Waals surface area contributed by atoms with Crippen LogP contribution >= 0.6 is 11.3 Å². The predicted molar refractivity (Wildman–Crippen MR) is 83.3 cm³/mol. The topological polar surface area (TPSA) is 53.4 Å². The first-order valence-corrected chi connectivity index (χ1v) is 9.03. The molecule has 5 heteroatoms. The SMILES string of the molecule is O=C(O)c1sc(N2CCC3CCCCC3C2)nc1C1CC1. The third-order valence-electron chi connectivity index (χ3n) is 5.36. The number of nitrogens with zero attached hydrogens (tertiary/aromatic N) is 2. The van der Waals surface area contributed by atoms with Crippen LogP contribution in [0.4, 0.5) is 5.13 Å². The fourth-order valence-corrected chi connectivity index (χ4v) is 5.04. The van der Waals surface area contributed by atoms with E-state index in [1.807, 2.05) is 0 Å². The third-order valence-corrected chi connectivity index (χ3v) is 6.48. The van der Waals surface area contributed by atoms with Gasteiger partial charge in [-0.2, -0.15) is 0 Å². The van der Waals surface area contributed by atoms with Crippen LogP contribution in [0, 0.1) is 11.8 Å². The number of thiazole rings is 1. The van der Waals surface area contributed by atoms with Gasteiger partial charge in [-0.15, -0.1) is 0 Å². The minimum Gasteiger partial charge on any atom is -0.477 e. The molecule has 0 aromatic carbocycles. The van der Waals surface area contributed by atoms with Crippen molar-refractivity contribution in [2.45, 2.75) is 50.9 Å². The average Bonchev–Trinajstić information content (AvgIpc) is 3.25. The summed E-state index contributed by atoms with van der Waals surface area (Å²) in [7, 11) is 0. The van der Waals surface area contributed by atoms with Crippen LogP contribution in [0.15, 0.2) is 0 Å². The van der Waals surface area contributed by atoms with E-state index in [1.165, 1.54) is 43.4 Å². The molecule has 21 heavy (non-hydrogen) atoms. The van der Waals surface area contributed by atoms with Crippen LogP contribution < -0.4 is 4.90 Å². The lowest BCUT2D eigenvalue weighted by molar-refractivity contribution is 0.0700. The molecule has 1 aromatic rings. The first-order chi connectivity index (χ1) is 10.2. The van der Waals surface area contributed by atoms with E-state index >= 15 is 0 Å². The van der Waals surface area contributed by atoms with Gasteiger partial charge in [0.2, 0.25) is 0 Å². The van der Waals surface area contributed by atoms with Gasteiger partial charge in [0.1, 0.15) is 4.88 Å². The summed E-state index contributed by atoms with van der Waals surface area (Å²) in [4.78, 5) is 19.0. The molecule has 2 atom stereocenters. The van der Waals surface area contributed by atoms with Crippen molar-refractivity contribution in [2.75, 3.05) is 18.0 Å². The second-order valence-electron chi connectivity index (χ2n) is 6.83. The molecule has 3 aliphatic rings. The van der Waals surface area contributed by atoms with E-state index in [0.29, 0.717) is 10.8 Å². The van der Waals surface area contributed by atoms with E-state index in [4.69, 9.17) is 4.98 Å². The van der Waals surface area contributed by atoms with Gasteiger partial charge in [0.05, 0.1) is 5.69 Å². The Morgan fingerprint density at radius 1 is 1.14 bits per heavy atom. The Labute approximate surface area is 129 Å². The molecule has 1 saturated heterocycles. The molecule has 1 aromatic heterocycles. The highest BCUT2D eigenvalue weighted by molar-refractivity contribution is 7.17. The van der Waals surface area contributed by atoms with Gasteiger partial charge in [0.15, 0.2) is 5.13 Å². The van der Waals surface area contributed by atoms with Crippen molar-refractivity contribution < 1.29 is 9.90 Å². The third kappa shape index (κ3) is 2.56. The van der Waals surface area contributed by atoms with E-state index in [2.05, 4.69) is 4.90 Å². The van der Waals surface area contributed by atoms with Crippen LogP contribution in [0.3, 0.4) is 0 Å². The average molecular weight is 306 g/mol. The summed E-state index contributed by atoms with van der Waals surface area (Å²) in [5.74, 6) is 1.31. The molecular weight excluding hydrogens is 284 g/mol.